The minimum absolute atomic E-state index is 0.0393. The van der Waals surface area contributed by atoms with E-state index in [9.17, 15) is 9.90 Å². The number of benzene rings is 2. The molecule has 2 heterocycles. The van der Waals surface area contributed by atoms with Crippen molar-refractivity contribution in [2.24, 2.45) is 5.92 Å². The van der Waals surface area contributed by atoms with E-state index >= 15 is 0 Å². The molecule has 9 heteroatoms. The summed E-state index contributed by atoms with van der Waals surface area (Å²) in [6.45, 7) is 2.64. The monoisotopic (exact) mass is 481 g/mol. The lowest BCUT2D eigenvalue weighted by atomic mass is 9.96. The van der Waals surface area contributed by atoms with Crippen LogP contribution in [0.4, 0.5) is 0 Å². The van der Waals surface area contributed by atoms with Gasteiger partial charge in [0.05, 0.1) is 17.0 Å². The molecule has 1 aromatic heterocycles. The molecule has 1 aliphatic heterocycles. The molecule has 2 N–H and O–H groups in total. The molecular weight excluding hydrogens is 457 g/mol. The summed E-state index contributed by atoms with van der Waals surface area (Å²) in [7, 11) is 3.50. The van der Waals surface area contributed by atoms with Crippen molar-refractivity contribution in [3.8, 4) is 11.8 Å². The number of carbonyl (C=O) groups excluding carboxylic acids is 1. The van der Waals surface area contributed by atoms with E-state index in [0.29, 0.717) is 58.9 Å². The second-order valence-electron chi connectivity index (χ2n) is 8.20. The first-order valence-electron chi connectivity index (χ1n) is 10.9. The van der Waals surface area contributed by atoms with E-state index in [4.69, 9.17) is 16.9 Å². The third-order valence-electron chi connectivity index (χ3n) is 5.95. The van der Waals surface area contributed by atoms with Gasteiger partial charge in [-0.05, 0) is 55.2 Å². The zero-order chi connectivity index (χ0) is 23.4. The minimum Gasteiger partial charge on any atom is -0.506 e. The number of fused-ring (bicyclic) bond motifs is 1. The van der Waals surface area contributed by atoms with Gasteiger partial charge >= 0.3 is 0 Å². The zero-order valence-electron chi connectivity index (χ0n) is 18.1. The number of nitrogens with zero attached hydrogens (tertiary/aromatic N) is 4. The average molecular weight is 482 g/mol. The van der Waals surface area contributed by atoms with Crippen LogP contribution in [0.5, 0.6) is 5.75 Å². The highest BCUT2D eigenvalue weighted by molar-refractivity contribution is 7.22. The van der Waals surface area contributed by atoms with Crippen LogP contribution in [0, 0.1) is 17.2 Å². The first-order chi connectivity index (χ1) is 16.0. The Morgan fingerprint density at radius 2 is 1.97 bits per heavy atom. The molecule has 0 bridgehead atoms. The van der Waals surface area contributed by atoms with E-state index in [0.717, 1.165) is 24.9 Å². The molecular formula is C24H25ClN5O2P. The number of phenols is 1. The van der Waals surface area contributed by atoms with Crippen LogP contribution in [0.3, 0.4) is 0 Å². The first kappa shape index (κ1) is 23.3. The van der Waals surface area contributed by atoms with Crippen LogP contribution in [0.25, 0.3) is 10.9 Å². The first-order valence-corrected chi connectivity index (χ1v) is 11.8. The summed E-state index contributed by atoms with van der Waals surface area (Å²) in [5.41, 5.74) is 2.65. The zero-order valence-corrected chi connectivity index (χ0v) is 19.8. The Morgan fingerprint density at radius 3 is 2.67 bits per heavy atom. The molecule has 0 radical (unpaired) electrons. The second-order valence-corrected chi connectivity index (χ2v) is 9.13. The number of nitrogens with one attached hydrogen (secondary N) is 1. The second kappa shape index (κ2) is 10.4. The Bertz CT molecular complexity index is 1210. The molecule has 0 saturated carbocycles. The van der Waals surface area contributed by atoms with Gasteiger partial charge in [0.2, 0.25) is 0 Å². The van der Waals surface area contributed by atoms with Crippen LogP contribution in [0.15, 0.2) is 42.6 Å². The van der Waals surface area contributed by atoms with Gasteiger partial charge in [-0.15, -0.1) is 8.86 Å². The SMILES string of the molecule is N#CCCNC(=P)c1ccc2nn(CC3CCN(C(=O)c4ccc(Cl)cc4)CC3)cc2c1O. The summed E-state index contributed by atoms with van der Waals surface area (Å²) in [6.07, 6.45) is 4.04. The van der Waals surface area contributed by atoms with Gasteiger partial charge < -0.3 is 10.0 Å². The van der Waals surface area contributed by atoms with Crippen molar-refractivity contribution in [3.05, 3.63) is 58.7 Å². The Labute approximate surface area is 199 Å². The Kier molecular flexibility index (Phi) is 7.29. The summed E-state index contributed by atoms with van der Waals surface area (Å²) >= 11 is 5.92. The third kappa shape index (κ3) is 5.36. The fourth-order valence-corrected chi connectivity index (χ4v) is 4.57. The number of carbonyl (C=O) groups is 1. The van der Waals surface area contributed by atoms with E-state index < -0.39 is 0 Å². The van der Waals surface area contributed by atoms with E-state index in [1.165, 1.54) is 0 Å². The molecule has 0 unspecified atom stereocenters. The number of aromatic hydroxyl groups is 1. The fraction of sp³-hybridized carbons (Fsp3) is 0.333. The molecule has 2 aromatic carbocycles. The standard InChI is InChI=1S/C24H25ClN5O2P/c25-18-4-2-17(3-5-18)24(32)29-12-8-16(9-13-29)14-30-15-20-21(28-30)7-6-19(22(20)31)23(33)27-11-1-10-26/h2-7,15-16,27,31,33H,1,8-9,11-14H2. The summed E-state index contributed by atoms with van der Waals surface area (Å²) in [6, 6.07) is 12.8. The Balaban J connectivity index is 1.38. The molecule has 1 saturated heterocycles. The number of hydrogen-bond acceptors (Lipinski definition) is 4. The van der Waals surface area contributed by atoms with Crippen molar-refractivity contribution >= 4 is 42.7 Å². The number of hydrogen-bond donors (Lipinski definition) is 2. The third-order valence-corrected chi connectivity index (χ3v) is 6.65. The van der Waals surface area contributed by atoms with Crippen LogP contribution >= 0.6 is 20.5 Å². The predicted octanol–water partition coefficient (Wildman–Crippen LogP) is 4.07. The molecule has 1 aliphatic rings. The smallest absolute Gasteiger partial charge is 0.253 e. The van der Waals surface area contributed by atoms with Crippen molar-refractivity contribution < 1.29 is 9.90 Å². The maximum atomic E-state index is 12.7. The number of aromatic nitrogens is 2. The number of halogens is 1. The van der Waals surface area contributed by atoms with Crippen molar-refractivity contribution in [2.75, 3.05) is 19.6 Å². The lowest BCUT2D eigenvalue weighted by Gasteiger charge is -2.32. The molecule has 1 fully saturated rings. The summed E-state index contributed by atoms with van der Waals surface area (Å²) < 4.78 is 1.88. The number of nitriles is 1. The lowest BCUT2D eigenvalue weighted by molar-refractivity contribution is 0.0681. The van der Waals surface area contributed by atoms with Gasteiger partial charge in [-0.25, -0.2) is 0 Å². The molecule has 0 spiro atoms. The summed E-state index contributed by atoms with van der Waals surface area (Å²) in [4.78, 5) is 14.6. The lowest BCUT2D eigenvalue weighted by Crippen LogP contribution is -2.39. The van der Waals surface area contributed by atoms with Gasteiger partial charge in [-0.2, -0.15) is 10.4 Å². The Morgan fingerprint density at radius 1 is 1.24 bits per heavy atom. The van der Waals surface area contributed by atoms with Crippen LogP contribution < -0.4 is 5.32 Å². The Hall–Kier alpha value is -2.91. The maximum Gasteiger partial charge on any atom is 0.253 e. The summed E-state index contributed by atoms with van der Waals surface area (Å²) in [5, 5.41) is 28.5. The van der Waals surface area contributed by atoms with Crippen molar-refractivity contribution in [2.45, 2.75) is 25.8 Å². The normalized spacial score (nSPS) is 14.4. The van der Waals surface area contributed by atoms with Crippen molar-refractivity contribution in [3.63, 3.8) is 0 Å². The van der Waals surface area contributed by atoms with Crippen LogP contribution in [-0.4, -0.2) is 50.7 Å². The summed E-state index contributed by atoms with van der Waals surface area (Å²) in [5.74, 6) is 0.592. The molecule has 1 amide bonds. The van der Waals surface area contributed by atoms with E-state index in [-0.39, 0.29) is 11.7 Å². The van der Waals surface area contributed by atoms with Crippen LogP contribution in [0.2, 0.25) is 5.02 Å². The number of rotatable bonds is 7. The molecule has 170 valence electrons. The van der Waals surface area contributed by atoms with Gasteiger partial charge in [0.1, 0.15) is 5.75 Å². The van der Waals surface area contributed by atoms with Gasteiger partial charge in [0, 0.05) is 60.4 Å². The topological polar surface area (TPSA) is 94.2 Å². The molecule has 7 nitrogen and oxygen atoms in total. The predicted molar refractivity (Wildman–Crippen MR) is 132 cm³/mol. The van der Waals surface area contributed by atoms with Crippen LogP contribution in [-0.2, 0) is 6.54 Å². The highest BCUT2D eigenvalue weighted by Crippen LogP contribution is 2.29. The minimum atomic E-state index is 0.0393. The number of phenolic OH excluding ortho intramolecular Hbond substituents is 1. The van der Waals surface area contributed by atoms with Gasteiger partial charge in [-0.3, -0.25) is 14.8 Å². The molecule has 0 atom stereocenters. The fourth-order valence-electron chi connectivity index (χ4n) is 4.12. The van der Waals surface area contributed by atoms with E-state index in [1.807, 2.05) is 21.8 Å². The van der Waals surface area contributed by atoms with Gasteiger partial charge in [-0.1, -0.05) is 11.6 Å². The molecule has 33 heavy (non-hydrogen) atoms. The molecule has 3 aromatic rings. The quantitative estimate of drug-likeness (QED) is 0.392. The highest BCUT2D eigenvalue weighted by Gasteiger charge is 2.24. The largest absolute Gasteiger partial charge is 0.506 e. The maximum absolute atomic E-state index is 12.7. The van der Waals surface area contributed by atoms with E-state index in [1.54, 1.807) is 30.3 Å². The van der Waals surface area contributed by atoms with E-state index in [2.05, 4.69) is 25.3 Å². The highest BCUT2D eigenvalue weighted by atomic mass is 35.5. The van der Waals surface area contributed by atoms with Crippen molar-refractivity contribution in [1.29, 1.82) is 5.26 Å². The van der Waals surface area contributed by atoms with Gasteiger partial charge in [0.25, 0.3) is 5.91 Å². The number of likely N-dealkylation sites (tertiary alicyclic amines) is 1. The van der Waals surface area contributed by atoms with Gasteiger partial charge in [0.15, 0.2) is 0 Å². The molecule has 4 rings (SSSR count). The number of amides is 1. The average Bonchev–Trinajstić information content (AvgIpc) is 3.23. The van der Waals surface area contributed by atoms with Crippen molar-refractivity contribution in [1.82, 2.24) is 20.0 Å². The number of piperidine rings is 1. The van der Waals surface area contributed by atoms with Crippen LogP contribution in [0.1, 0.15) is 35.2 Å². The molecule has 0 aliphatic carbocycles.